The predicted octanol–water partition coefficient (Wildman–Crippen LogP) is 3.59. The molecule has 2 aliphatic rings. The van der Waals surface area contributed by atoms with Gasteiger partial charge in [0.15, 0.2) is 5.79 Å². The first-order valence-corrected chi connectivity index (χ1v) is 7.80. The number of benzene rings is 1. The van der Waals surface area contributed by atoms with Gasteiger partial charge in [-0.2, -0.15) is 0 Å². The van der Waals surface area contributed by atoms with E-state index in [0.717, 1.165) is 30.4 Å². The van der Waals surface area contributed by atoms with Crippen LogP contribution in [0.2, 0.25) is 0 Å². The van der Waals surface area contributed by atoms with Crippen molar-refractivity contribution in [1.29, 1.82) is 0 Å². The van der Waals surface area contributed by atoms with Crippen LogP contribution in [0.15, 0.2) is 36.4 Å². The van der Waals surface area contributed by atoms with Crippen molar-refractivity contribution in [3.8, 4) is 0 Å². The normalized spacial score (nSPS) is 25.5. The van der Waals surface area contributed by atoms with Gasteiger partial charge in [0, 0.05) is 12.3 Å². The number of rotatable bonds is 3. The minimum absolute atomic E-state index is 0.0224. The molecular weight excluding hydrogens is 264 g/mol. The Labute approximate surface area is 125 Å². The van der Waals surface area contributed by atoms with E-state index in [9.17, 15) is 4.79 Å². The van der Waals surface area contributed by atoms with Gasteiger partial charge >= 0.3 is 0 Å². The molecule has 1 aliphatic heterocycles. The fourth-order valence-electron chi connectivity index (χ4n) is 3.39. The van der Waals surface area contributed by atoms with Crippen LogP contribution in [-0.2, 0) is 14.3 Å². The Kier molecular flexibility index (Phi) is 4.22. The number of ether oxygens (including phenoxy) is 2. The molecule has 0 bridgehead atoms. The Morgan fingerprint density at radius 1 is 1.29 bits per heavy atom. The Morgan fingerprint density at radius 3 is 2.62 bits per heavy atom. The van der Waals surface area contributed by atoms with Crippen molar-refractivity contribution in [1.82, 2.24) is 0 Å². The monoisotopic (exact) mass is 286 g/mol. The van der Waals surface area contributed by atoms with Crippen molar-refractivity contribution in [3.05, 3.63) is 42.0 Å². The molecule has 1 saturated carbocycles. The van der Waals surface area contributed by atoms with Gasteiger partial charge in [-0.3, -0.25) is 4.79 Å². The van der Waals surface area contributed by atoms with Gasteiger partial charge in [0.05, 0.1) is 19.6 Å². The summed E-state index contributed by atoms with van der Waals surface area (Å²) < 4.78 is 11.4. The van der Waals surface area contributed by atoms with Crippen LogP contribution in [0.5, 0.6) is 0 Å². The summed E-state index contributed by atoms with van der Waals surface area (Å²) in [6, 6.07) is 10.2. The molecule has 112 valence electrons. The van der Waals surface area contributed by atoms with Crippen LogP contribution >= 0.6 is 0 Å². The Hall–Kier alpha value is -1.45. The standard InChI is InChI=1S/C18H22O3/c1-2-6-15(14-7-4-3-5-8-14)16-9-10-18(13-17(16)19)20-11-12-21-18/h3-8,16H,2,9-13H2,1H3/b15-6+. The first-order chi connectivity index (χ1) is 10.2. The Morgan fingerprint density at radius 2 is 2.00 bits per heavy atom. The molecule has 2 fully saturated rings. The van der Waals surface area contributed by atoms with Gasteiger partial charge in [-0.05, 0) is 24.0 Å². The molecule has 0 aromatic heterocycles. The SMILES string of the molecule is CC/C=C(\c1ccccc1)C1CCC2(CC1=O)OCCO2. The smallest absolute Gasteiger partial charge is 0.175 e. The molecule has 0 amide bonds. The number of Topliss-reactive ketones (excluding diaryl/α,β-unsaturated/α-hetero) is 1. The van der Waals surface area contributed by atoms with Crippen LogP contribution in [0.3, 0.4) is 0 Å². The van der Waals surface area contributed by atoms with E-state index in [1.807, 2.05) is 18.2 Å². The van der Waals surface area contributed by atoms with E-state index in [1.165, 1.54) is 0 Å². The van der Waals surface area contributed by atoms with Crippen molar-refractivity contribution >= 4 is 11.4 Å². The van der Waals surface area contributed by atoms with Crippen LogP contribution in [0, 0.1) is 5.92 Å². The van der Waals surface area contributed by atoms with Crippen molar-refractivity contribution in [2.24, 2.45) is 5.92 Å². The van der Waals surface area contributed by atoms with Gasteiger partial charge in [-0.1, -0.05) is 43.3 Å². The molecule has 3 heteroatoms. The molecule has 1 unspecified atom stereocenters. The second-order valence-corrected chi connectivity index (χ2v) is 5.78. The van der Waals surface area contributed by atoms with Crippen LogP contribution < -0.4 is 0 Å². The molecule has 1 aromatic rings. The highest BCUT2D eigenvalue weighted by Crippen LogP contribution is 2.41. The van der Waals surface area contributed by atoms with Crippen molar-refractivity contribution in [2.75, 3.05) is 13.2 Å². The minimum atomic E-state index is -0.623. The molecule has 1 atom stereocenters. The zero-order valence-electron chi connectivity index (χ0n) is 12.5. The summed E-state index contributed by atoms with van der Waals surface area (Å²) in [7, 11) is 0. The molecule has 1 heterocycles. The highest BCUT2D eigenvalue weighted by molar-refractivity contribution is 5.94. The molecule has 1 aliphatic carbocycles. The lowest BCUT2D eigenvalue weighted by molar-refractivity contribution is -0.183. The van der Waals surface area contributed by atoms with Gasteiger partial charge in [0.1, 0.15) is 5.78 Å². The highest BCUT2D eigenvalue weighted by atomic mass is 16.7. The van der Waals surface area contributed by atoms with E-state index in [-0.39, 0.29) is 11.7 Å². The Balaban J connectivity index is 1.82. The van der Waals surface area contributed by atoms with E-state index in [4.69, 9.17) is 9.47 Å². The number of allylic oxidation sites excluding steroid dienone is 2. The molecule has 3 nitrogen and oxygen atoms in total. The average molecular weight is 286 g/mol. The van der Waals surface area contributed by atoms with E-state index < -0.39 is 5.79 Å². The molecule has 3 rings (SSSR count). The summed E-state index contributed by atoms with van der Waals surface area (Å²) in [6.07, 6.45) is 5.11. The van der Waals surface area contributed by atoms with Gasteiger partial charge < -0.3 is 9.47 Å². The summed E-state index contributed by atoms with van der Waals surface area (Å²) in [5.41, 5.74) is 2.32. The van der Waals surface area contributed by atoms with Crippen molar-refractivity contribution < 1.29 is 14.3 Å². The van der Waals surface area contributed by atoms with Gasteiger partial charge in [-0.15, -0.1) is 0 Å². The zero-order valence-corrected chi connectivity index (χ0v) is 12.5. The molecule has 0 radical (unpaired) electrons. The van der Waals surface area contributed by atoms with Crippen LogP contribution in [-0.4, -0.2) is 24.8 Å². The quantitative estimate of drug-likeness (QED) is 0.851. The predicted molar refractivity (Wildman–Crippen MR) is 81.7 cm³/mol. The highest BCUT2D eigenvalue weighted by Gasteiger charge is 2.45. The summed E-state index contributed by atoms with van der Waals surface area (Å²) in [6.45, 7) is 3.32. The maximum Gasteiger partial charge on any atom is 0.175 e. The molecule has 1 saturated heterocycles. The second kappa shape index (κ2) is 6.12. The second-order valence-electron chi connectivity index (χ2n) is 5.78. The third-order valence-electron chi connectivity index (χ3n) is 4.37. The largest absolute Gasteiger partial charge is 0.347 e. The maximum absolute atomic E-state index is 12.6. The third kappa shape index (κ3) is 2.94. The van der Waals surface area contributed by atoms with E-state index in [2.05, 4.69) is 25.1 Å². The summed E-state index contributed by atoms with van der Waals surface area (Å²) in [4.78, 5) is 12.6. The average Bonchev–Trinajstić information content (AvgIpc) is 2.95. The zero-order chi connectivity index (χ0) is 14.7. The first-order valence-electron chi connectivity index (χ1n) is 7.80. The lowest BCUT2D eigenvalue weighted by atomic mass is 9.77. The Bertz CT molecular complexity index is 527. The summed E-state index contributed by atoms with van der Waals surface area (Å²) in [5.74, 6) is -0.404. The summed E-state index contributed by atoms with van der Waals surface area (Å²) in [5, 5.41) is 0. The van der Waals surface area contributed by atoms with E-state index >= 15 is 0 Å². The lowest BCUT2D eigenvalue weighted by Crippen LogP contribution is -2.40. The maximum atomic E-state index is 12.6. The van der Waals surface area contributed by atoms with Gasteiger partial charge in [-0.25, -0.2) is 0 Å². The molecule has 0 N–H and O–H groups in total. The fourth-order valence-corrected chi connectivity index (χ4v) is 3.39. The first kappa shape index (κ1) is 14.5. The lowest BCUT2D eigenvalue weighted by Gasteiger charge is -2.35. The van der Waals surface area contributed by atoms with E-state index in [1.54, 1.807) is 0 Å². The molecule has 21 heavy (non-hydrogen) atoms. The van der Waals surface area contributed by atoms with Crippen LogP contribution in [0.4, 0.5) is 0 Å². The fraction of sp³-hybridized carbons (Fsp3) is 0.500. The number of hydrogen-bond acceptors (Lipinski definition) is 3. The number of ketones is 1. The molecule has 1 aromatic carbocycles. The van der Waals surface area contributed by atoms with Crippen LogP contribution in [0.25, 0.3) is 5.57 Å². The van der Waals surface area contributed by atoms with Crippen molar-refractivity contribution in [3.63, 3.8) is 0 Å². The minimum Gasteiger partial charge on any atom is -0.347 e. The van der Waals surface area contributed by atoms with Gasteiger partial charge in [0.25, 0.3) is 0 Å². The molecular formula is C18H22O3. The topological polar surface area (TPSA) is 35.5 Å². The van der Waals surface area contributed by atoms with Gasteiger partial charge in [0.2, 0.25) is 0 Å². The number of carbonyl (C=O) groups is 1. The summed E-state index contributed by atoms with van der Waals surface area (Å²) >= 11 is 0. The number of hydrogen-bond donors (Lipinski definition) is 0. The van der Waals surface area contributed by atoms with E-state index in [0.29, 0.717) is 19.6 Å². The number of carbonyl (C=O) groups excluding carboxylic acids is 1. The molecule has 1 spiro atoms. The third-order valence-corrected chi connectivity index (χ3v) is 4.37. The van der Waals surface area contributed by atoms with Crippen molar-refractivity contribution in [2.45, 2.75) is 38.4 Å². The van der Waals surface area contributed by atoms with Crippen LogP contribution in [0.1, 0.15) is 38.2 Å².